The molecule has 0 aromatic heterocycles. The summed E-state index contributed by atoms with van der Waals surface area (Å²) in [6, 6.07) is 55.0. The lowest BCUT2D eigenvalue weighted by atomic mass is 9.90. The lowest BCUT2D eigenvalue weighted by Crippen LogP contribution is -2.42. The summed E-state index contributed by atoms with van der Waals surface area (Å²) in [7, 11) is -2.10. The molecule has 54 heavy (non-hydrogen) atoms. The van der Waals surface area contributed by atoms with Crippen molar-refractivity contribution in [2.75, 3.05) is 0 Å². The Labute approximate surface area is 320 Å². The van der Waals surface area contributed by atoms with Gasteiger partial charge in [0, 0.05) is 11.1 Å². The molecule has 10 rings (SSSR count). The van der Waals surface area contributed by atoms with Crippen LogP contribution in [-0.2, 0) is 0 Å². The average molecular weight is 711 g/mol. The molecular formula is C53H46Si. The van der Waals surface area contributed by atoms with Crippen molar-refractivity contribution in [2.45, 2.75) is 57.3 Å². The summed E-state index contributed by atoms with van der Waals surface area (Å²) in [6.07, 6.45) is 8.60. The number of fused-ring (bicyclic) bond motifs is 8. The van der Waals surface area contributed by atoms with Gasteiger partial charge in [0.15, 0.2) is 0 Å². The Kier molecular flexibility index (Phi) is 7.86. The van der Waals surface area contributed by atoms with Gasteiger partial charge < -0.3 is 0 Å². The number of hydrogen-bond acceptors (Lipinski definition) is 0. The van der Waals surface area contributed by atoms with Crippen molar-refractivity contribution in [2.24, 2.45) is 0 Å². The van der Waals surface area contributed by atoms with Gasteiger partial charge in [-0.2, -0.15) is 0 Å². The molecule has 8 aromatic carbocycles. The van der Waals surface area contributed by atoms with Crippen LogP contribution in [0.1, 0.15) is 66.4 Å². The normalized spacial score (nSPS) is 16.6. The van der Waals surface area contributed by atoms with Gasteiger partial charge in [0.05, 0.1) is 8.07 Å². The zero-order valence-corrected chi connectivity index (χ0v) is 32.8. The monoisotopic (exact) mass is 710 g/mol. The second-order valence-corrected chi connectivity index (χ2v) is 21.0. The van der Waals surface area contributed by atoms with Gasteiger partial charge in [-0.3, -0.25) is 0 Å². The lowest BCUT2D eigenvalue weighted by molar-refractivity contribution is 0.841. The lowest BCUT2D eigenvalue weighted by Gasteiger charge is -2.40. The summed E-state index contributed by atoms with van der Waals surface area (Å²) < 4.78 is 0. The van der Waals surface area contributed by atoms with Crippen LogP contribution in [0.15, 0.2) is 157 Å². The van der Waals surface area contributed by atoms with Crippen molar-refractivity contribution >= 4 is 63.3 Å². The van der Waals surface area contributed by atoms with Crippen LogP contribution < -0.4 is 0 Å². The smallest absolute Gasteiger partial charge is 0.0679 e. The van der Waals surface area contributed by atoms with Gasteiger partial charge in [0.25, 0.3) is 0 Å². The van der Waals surface area contributed by atoms with Crippen LogP contribution in [0.3, 0.4) is 0 Å². The number of benzene rings is 8. The summed E-state index contributed by atoms with van der Waals surface area (Å²) in [5.74, 6) is 0. The molecule has 0 spiro atoms. The maximum atomic E-state index is 2.70. The van der Waals surface area contributed by atoms with E-state index in [0.717, 1.165) is 19.3 Å². The molecule has 0 saturated heterocycles. The molecule has 2 unspecified atom stereocenters. The molecule has 0 saturated carbocycles. The average Bonchev–Trinajstić information content (AvgIpc) is 3.80. The third-order valence-electron chi connectivity index (χ3n) is 12.9. The second kappa shape index (κ2) is 12.8. The van der Waals surface area contributed by atoms with E-state index in [1.165, 1.54) is 76.5 Å². The van der Waals surface area contributed by atoms with E-state index in [4.69, 9.17) is 0 Å². The predicted molar refractivity (Wildman–Crippen MR) is 238 cm³/mol. The highest BCUT2D eigenvalue weighted by atomic mass is 28.3. The summed E-state index contributed by atoms with van der Waals surface area (Å²) in [5.41, 5.74) is 15.6. The van der Waals surface area contributed by atoms with Gasteiger partial charge in [0.2, 0.25) is 0 Å². The minimum atomic E-state index is -2.10. The molecule has 2 atom stereocenters. The first kappa shape index (κ1) is 33.1. The van der Waals surface area contributed by atoms with Crippen molar-refractivity contribution < 1.29 is 0 Å². The zero-order chi connectivity index (χ0) is 36.6. The molecule has 0 nitrogen and oxygen atoms in total. The second-order valence-electron chi connectivity index (χ2n) is 16.2. The van der Waals surface area contributed by atoms with Crippen LogP contribution in [0.2, 0.25) is 13.1 Å². The van der Waals surface area contributed by atoms with Crippen molar-refractivity contribution in [1.82, 2.24) is 0 Å². The van der Waals surface area contributed by atoms with Gasteiger partial charge in [-0.25, -0.2) is 0 Å². The fraction of sp³-hybridized carbons (Fsp3) is 0.170. The van der Waals surface area contributed by atoms with Crippen LogP contribution in [-0.4, -0.2) is 8.07 Å². The molecule has 0 radical (unpaired) electrons. The standard InChI is InChI=1S/C53H46Si/c1-5-17-37-33-51-45(49-32-36-19-8-10-21-39(36)41-23-12-14-25-43(41)49)27-16-29-47(51)53(37)54(3,4)52-34(6-2)30-50-44(26-15-28-46(50)52)48-31-35-18-7-9-20-38(35)40-22-11-13-24-42(40)48/h7-16,18-33,52-53H,5-6,17H2,1-4H3. The van der Waals surface area contributed by atoms with E-state index in [9.17, 15) is 0 Å². The predicted octanol–water partition coefficient (Wildman–Crippen LogP) is 15.3. The molecular weight excluding hydrogens is 665 g/mol. The van der Waals surface area contributed by atoms with Gasteiger partial charge >= 0.3 is 0 Å². The highest BCUT2D eigenvalue weighted by molar-refractivity contribution is 6.81. The Morgan fingerprint density at radius 1 is 0.426 bits per heavy atom. The highest BCUT2D eigenvalue weighted by Gasteiger charge is 2.48. The topological polar surface area (TPSA) is 0 Å². The first-order chi connectivity index (χ1) is 26.5. The Bertz CT molecular complexity index is 2870. The third kappa shape index (κ3) is 4.95. The van der Waals surface area contributed by atoms with Gasteiger partial charge in [-0.1, -0.05) is 190 Å². The van der Waals surface area contributed by atoms with E-state index in [0.29, 0.717) is 11.1 Å². The Hall–Kier alpha value is -5.50. The summed E-state index contributed by atoms with van der Waals surface area (Å²) in [4.78, 5) is 0. The Morgan fingerprint density at radius 2 is 0.852 bits per heavy atom. The Balaban J connectivity index is 1.14. The molecule has 1 heteroatoms. The molecule has 2 aliphatic rings. The van der Waals surface area contributed by atoms with Crippen LogP contribution >= 0.6 is 0 Å². The molecule has 0 bridgehead atoms. The highest BCUT2D eigenvalue weighted by Crippen LogP contribution is 2.56. The first-order valence-corrected chi connectivity index (χ1v) is 23.1. The quantitative estimate of drug-likeness (QED) is 0.114. The van der Waals surface area contributed by atoms with E-state index in [1.54, 1.807) is 22.3 Å². The van der Waals surface area contributed by atoms with Crippen molar-refractivity contribution in [1.29, 1.82) is 0 Å². The molecule has 0 amide bonds. The maximum absolute atomic E-state index is 2.70. The fourth-order valence-electron chi connectivity index (χ4n) is 10.7. The van der Waals surface area contributed by atoms with Gasteiger partial charge in [-0.05, 0) is 113 Å². The van der Waals surface area contributed by atoms with E-state index in [1.807, 2.05) is 0 Å². The van der Waals surface area contributed by atoms with E-state index >= 15 is 0 Å². The van der Waals surface area contributed by atoms with Crippen LogP contribution in [0, 0.1) is 0 Å². The molecule has 0 N–H and O–H groups in total. The number of hydrogen-bond donors (Lipinski definition) is 0. The van der Waals surface area contributed by atoms with E-state index < -0.39 is 8.07 Å². The number of rotatable bonds is 7. The SMILES string of the molecule is CCCC1=Cc2c(-c3cc4ccccc4c4ccccc34)cccc2C1[Si](C)(C)C1C(CC)=Cc2c(-c3cc4ccccc4c4ccccc34)cccc21. The largest absolute Gasteiger partial charge is 0.0722 e. The fourth-order valence-corrected chi connectivity index (χ4v) is 15.6. The molecule has 0 fully saturated rings. The van der Waals surface area contributed by atoms with Crippen molar-refractivity contribution in [3.63, 3.8) is 0 Å². The van der Waals surface area contributed by atoms with Gasteiger partial charge in [-0.15, -0.1) is 0 Å². The van der Waals surface area contributed by atoms with E-state index in [-0.39, 0.29) is 0 Å². The molecule has 262 valence electrons. The third-order valence-corrected chi connectivity index (χ3v) is 17.2. The zero-order valence-electron chi connectivity index (χ0n) is 31.8. The van der Waals surface area contributed by atoms with Crippen LogP contribution in [0.4, 0.5) is 0 Å². The van der Waals surface area contributed by atoms with Crippen molar-refractivity contribution in [3.8, 4) is 22.3 Å². The summed E-state index contributed by atoms with van der Waals surface area (Å²) >= 11 is 0. The van der Waals surface area contributed by atoms with E-state index in [2.05, 4.69) is 185 Å². The van der Waals surface area contributed by atoms with Crippen LogP contribution in [0.5, 0.6) is 0 Å². The Morgan fingerprint density at radius 3 is 1.33 bits per heavy atom. The van der Waals surface area contributed by atoms with Crippen molar-refractivity contribution in [3.05, 3.63) is 179 Å². The molecule has 0 aliphatic heterocycles. The summed E-state index contributed by atoms with van der Waals surface area (Å²) in [6.45, 7) is 10.1. The molecule has 8 aromatic rings. The minimum absolute atomic E-state index is 0.450. The summed E-state index contributed by atoms with van der Waals surface area (Å²) in [5, 5.41) is 10.6. The van der Waals surface area contributed by atoms with Crippen LogP contribution in [0.25, 0.3) is 77.5 Å². The number of allylic oxidation sites excluding steroid dienone is 2. The minimum Gasteiger partial charge on any atom is -0.0679 e. The first-order valence-electron chi connectivity index (χ1n) is 20.0. The molecule has 0 heterocycles. The maximum Gasteiger partial charge on any atom is 0.0722 e. The van der Waals surface area contributed by atoms with Gasteiger partial charge in [0.1, 0.15) is 0 Å². The molecule has 2 aliphatic carbocycles.